The largest absolute Gasteiger partial charge is 0.459 e. The van der Waals surface area contributed by atoms with Gasteiger partial charge in [0.1, 0.15) is 11.7 Å². The third kappa shape index (κ3) is 5.19. The minimum atomic E-state index is -0.507. The number of amides is 1. The first kappa shape index (κ1) is 21.2. The van der Waals surface area contributed by atoms with Crippen LogP contribution in [0.5, 0.6) is 6.01 Å². The number of ether oxygens (including phenoxy) is 2. The molecule has 1 aromatic heterocycles. The maximum Gasteiger partial charge on any atom is 0.410 e. The lowest BCUT2D eigenvalue weighted by atomic mass is 10.1. The van der Waals surface area contributed by atoms with Crippen molar-refractivity contribution < 1.29 is 14.3 Å². The molecule has 2 heterocycles. The Hall–Kier alpha value is -3.02. The van der Waals surface area contributed by atoms with Gasteiger partial charge in [-0.25, -0.2) is 4.79 Å². The number of carbonyl (C=O) groups is 1. The molecule has 2 aromatic carbocycles. The number of para-hydroxylation sites is 2. The number of hydrogen-bond donors (Lipinski definition) is 0. The molecule has 164 valence electrons. The summed E-state index contributed by atoms with van der Waals surface area (Å²) in [4.78, 5) is 19.0. The maximum absolute atomic E-state index is 12.5. The Morgan fingerprint density at radius 3 is 2.61 bits per heavy atom. The second-order valence-electron chi connectivity index (χ2n) is 9.26. The van der Waals surface area contributed by atoms with Crippen LogP contribution in [0.1, 0.15) is 44.7 Å². The van der Waals surface area contributed by atoms with Gasteiger partial charge < -0.3 is 14.4 Å². The minimum Gasteiger partial charge on any atom is -0.459 e. The summed E-state index contributed by atoms with van der Waals surface area (Å²) >= 11 is 0. The number of aromatic nitrogens is 2. The van der Waals surface area contributed by atoms with E-state index in [0.29, 0.717) is 25.6 Å². The monoisotopic (exact) mass is 421 g/mol. The first-order valence-corrected chi connectivity index (χ1v) is 10.9. The van der Waals surface area contributed by atoms with Crippen LogP contribution in [0.4, 0.5) is 4.79 Å². The molecule has 31 heavy (non-hydrogen) atoms. The predicted octanol–water partition coefficient (Wildman–Crippen LogP) is 5.17. The highest BCUT2D eigenvalue weighted by Crippen LogP contribution is 2.26. The van der Waals surface area contributed by atoms with Crippen LogP contribution in [0, 0.1) is 6.92 Å². The van der Waals surface area contributed by atoms with Gasteiger partial charge in [-0.3, -0.25) is 4.57 Å². The van der Waals surface area contributed by atoms with Crippen molar-refractivity contribution in [1.29, 1.82) is 0 Å². The summed E-state index contributed by atoms with van der Waals surface area (Å²) in [5.74, 6) is 0. The zero-order chi connectivity index (χ0) is 22.0. The SMILES string of the molecule is Cc1ccc(Cn2c(OC3CCCN(C(=O)OC(C)(C)C)C3)nc3ccccc32)cc1. The Labute approximate surface area is 183 Å². The van der Waals surface area contributed by atoms with Crippen molar-refractivity contribution in [1.82, 2.24) is 14.5 Å². The maximum atomic E-state index is 12.5. The van der Waals surface area contributed by atoms with Crippen molar-refractivity contribution in [2.24, 2.45) is 0 Å². The van der Waals surface area contributed by atoms with Crippen LogP contribution < -0.4 is 4.74 Å². The van der Waals surface area contributed by atoms with Crippen LogP contribution in [0.15, 0.2) is 48.5 Å². The lowest BCUT2D eigenvalue weighted by Gasteiger charge is -2.34. The van der Waals surface area contributed by atoms with Gasteiger partial charge in [0.2, 0.25) is 0 Å². The number of benzene rings is 2. The smallest absolute Gasteiger partial charge is 0.410 e. The average molecular weight is 422 g/mol. The molecule has 3 aromatic rings. The standard InChI is InChI=1S/C25H31N3O3/c1-18-11-13-19(14-12-18)16-28-22-10-6-5-9-21(22)26-23(28)30-20-8-7-15-27(17-20)24(29)31-25(2,3)4/h5-6,9-14,20H,7-8,15-17H2,1-4H3. The fourth-order valence-corrected chi connectivity index (χ4v) is 3.85. The van der Waals surface area contributed by atoms with Crippen molar-refractivity contribution in [2.75, 3.05) is 13.1 Å². The van der Waals surface area contributed by atoms with Gasteiger partial charge in [-0.2, -0.15) is 4.98 Å². The van der Waals surface area contributed by atoms with E-state index >= 15 is 0 Å². The molecule has 6 nitrogen and oxygen atoms in total. The Kier molecular flexibility index (Phi) is 5.90. The summed E-state index contributed by atoms with van der Waals surface area (Å²) < 4.78 is 14.0. The lowest BCUT2D eigenvalue weighted by Crippen LogP contribution is -2.46. The summed E-state index contributed by atoms with van der Waals surface area (Å²) in [5, 5.41) is 0. The van der Waals surface area contributed by atoms with E-state index in [-0.39, 0.29) is 12.2 Å². The number of rotatable bonds is 4. The number of imidazole rings is 1. The molecular formula is C25H31N3O3. The molecule has 1 aliphatic heterocycles. The highest BCUT2D eigenvalue weighted by molar-refractivity contribution is 5.76. The average Bonchev–Trinajstić information content (AvgIpc) is 3.06. The van der Waals surface area contributed by atoms with Crippen LogP contribution in [-0.2, 0) is 11.3 Å². The van der Waals surface area contributed by atoms with E-state index in [4.69, 9.17) is 14.5 Å². The molecule has 0 radical (unpaired) electrons. The molecule has 1 atom stereocenters. The molecule has 1 fully saturated rings. The summed E-state index contributed by atoms with van der Waals surface area (Å²) in [5.41, 5.74) is 3.87. The second-order valence-corrected chi connectivity index (χ2v) is 9.26. The molecule has 1 aliphatic rings. The summed E-state index contributed by atoms with van der Waals surface area (Å²) in [7, 11) is 0. The zero-order valence-electron chi connectivity index (χ0n) is 18.8. The van der Waals surface area contributed by atoms with Crippen LogP contribution in [-0.4, -0.2) is 45.3 Å². The van der Waals surface area contributed by atoms with Crippen LogP contribution in [0.3, 0.4) is 0 Å². The molecule has 0 N–H and O–H groups in total. The van der Waals surface area contributed by atoms with Crippen LogP contribution in [0.25, 0.3) is 11.0 Å². The molecule has 4 rings (SSSR count). The van der Waals surface area contributed by atoms with Gasteiger partial charge >= 0.3 is 6.09 Å². The summed E-state index contributed by atoms with van der Waals surface area (Å²) in [6.07, 6.45) is 1.36. The number of aryl methyl sites for hydroxylation is 1. The summed E-state index contributed by atoms with van der Waals surface area (Å²) in [6, 6.07) is 17.2. The van der Waals surface area contributed by atoms with Crippen molar-refractivity contribution in [3.8, 4) is 6.01 Å². The highest BCUT2D eigenvalue weighted by Gasteiger charge is 2.29. The third-order valence-corrected chi connectivity index (χ3v) is 5.38. The Bertz CT molecular complexity index is 1050. The van der Waals surface area contributed by atoms with Crippen molar-refractivity contribution in [3.63, 3.8) is 0 Å². The van der Waals surface area contributed by atoms with Gasteiger partial charge in [-0.05, 0) is 58.2 Å². The van der Waals surface area contributed by atoms with E-state index in [9.17, 15) is 4.79 Å². The molecule has 0 aliphatic carbocycles. The van der Waals surface area contributed by atoms with E-state index in [2.05, 4.69) is 41.8 Å². The van der Waals surface area contributed by atoms with Crippen LogP contribution in [0.2, 0.25) is 0 Å². The molecule has 0 spiro atoms. The second kappa shape index (κ2) is 8.61. The molecule has 0 bridgehead atoms. The van der Waals surface area contributed by atoms with Crippen molar-refractivity contribution in [3.05, 3.63) is 59.7 Å². The zero-order valence-corrected chi connectivity index (χ0v) is 18.8. The Balaban J connectivity index is 1.55. The third-order valence-electron chi connectivity index (χ3n) is 5.38. The van der Waals surface area contributed by atoms with E-state index in [0.717, 1.165) is 23.9 Å². The first-order chi connectivity index (χ1) is 14.8. The first-order valence-electron chi connectivity index (χ1n) is 10.9. The number of nitrogens with zero attached hydrogens (tertiary/aromatic N) is 3. The number of carbonyl (C=O) groups excluding carboxylic acids is 1. The molecular weight excluding hydrogens is 390 g/mol. The molecule has 6 heteroatoms. The van der Waals surface area contributed by atoms with Crippen molar-refractivity contribution in [2.45, 2.75) is 58.8 Å². The number of hydrogen-bond acceptors (Lipinski definition) is 4. The molecule has 0 saturated carbocycles. The Morgan fingerprint density at radius 1 is 1.13 bits per heavy atom. The summed E-state index contributed by atoms with van der Waals surface area (Å²) in [6.45, 7) is 9.61. The van der Waals surface area contributed by atoms with Gasteiger partial charge in [-0.15, -0.1) is 0 Å². The van der Waals surface area contributed by atoms with E-state index in [1.54, 1.807) is 4.90 Å². The van der Waals surface area contributed by atoms with Gasteiger partial charge in [0.05, 0.1) is 24.1 Å². The number of likely N-dealkylation sites (tertiary alicyclic amines) is 1. The highest BCUT2D eigenvalue weighted by atomic mass is 16.6. The van der Waals surface area contributed by atoms with Crippen LogP contribution >= 0.6 is 0 Å². The van der Waals surface area contributed by atoms with Gasteiger partial charge in [0.25, 0.3) is 6.01 Å². The van der Waals surface area contributed by atoms with Crippen molar-refractivity contribution >= 4 is 17.1 Å². The lowest BCUT2D eigenvalue weighted by molar-refractivity contribution is 0.00626. The quantitative estimate of drug-likeness (QED) is 0.583. The van der Waals surface area contributed by atoms with E-state index in [1.807, 2.05) is 39.0 Å². The molecule has 1 amide bonds. The fraction of sp³-hybridized carbons (Fsp3) is 0.440. The number of fused-ring (bicyclic) bond motifs is 1. The van der Waals surface area contributed by atoms with Gasteiger partial charge in [0, 0.05) is 6.54 Å². The minimum absolute atomic E-state index is 0.116. The molecule has 1 unspecified atom stereocenters. The fourth-order valence-electron chi connectivity index (χ4n) is 3.85. The van der Waals surface area contributed by atoms with E-state index in [1.165, 1.54) is 11.1 Å². The van der Waals surface area contributed by atoms with Gasteiger partial charge in [0.15, 0.2) is 0 Å². The normalized spacial score (nSPS) is 17.0. The molecule has 1 saturated heterocycles. The Morgan fingerprint density at radius 2 is 1.87 bits per heavy atom. The predicted molar refractivity (Wildman–Crippen MR) is 121 cm³/mol. The topological polar surface area (TPSA) is 56.6 Å². The van der Waals surface area contributed by atoms with E-state index < -0.39 is 5.60 Å². The number of piperidine rings is 1. The van der Waals surface area contributed by atoms with Gasteiger partial charge in [-0.1, -0.05) is 42.0 Å².